The minimum absolute atomic E-state index is 0.0637. The van der Waals surface area contributed by atoms with E-state index in [1.165, 1.54) is 4.68 Å². The Morgan fingerprint density at radius 1 is 1.16 bits per heavy atom. The van der Waals surface area contributed by atoms with Crippen molar-refractivity contribution in [1.29, 1.82) is 0 Å². The van der Waals surface area contributed by atoms with Crippen LogP contribution in [0, 0.1) is 12.8 Å². The third-order valence-electron chi connectivity index (χ3n) is 3.02. The molecule has 4 nitrogen and oxygen atoms in total. The Labute approximate surface area is 114 Å². The zero-order valence-corrected chi connectivity index (χ0v) is 12.1. The monoisotopic (exact) mass is 278 g/mol. The van der Waals surface area contributed by atoms with Crippen LogP contribution < -0.4 is 0 Å². The minimum Gasteiger partial charge on any atom is -0.254 e. The largest absolute Gasteiger partial charge is 0.254 e. The van der Waals surface area contributed by atoms with Gasteiger partial charge in [0.25, 0.3) is 0 Å². The number of aryl methyl sites for hydroxylation is 1. The van der Waals surface area contributed by atoms with Crippen LogP contribution in [0.4, 0.5) is 0 Å². The summed E-state index contributed by atoms with van der Waals surface area (Å²) in [5, 5.41) is 3.41. The molecule has 0 spiro atoms. The number of benzene rings is 1. The molecule has 1 heterocycles. The lowest BCUT2D eigenvalue weighted by Crippen LogP contribution is -2.25. The van der Waals surface area contributed by atoms with Crippen LogP contribution in [-0.4, -0.2) is 18.2 Å². The highest BCUT2D eigenvalue weighted by Crippen LogP contribution is 2.29. The van der Waals surface area contributed by atoms with Gasteiger partial charge in [0, 0.05) is 12.4 Å². The molecule has 1 atom stereocenters. The molecular formula is C14H18N2O2S. The van der Waals surface area contributed by atoms with E-state index in [9.17, 15) is 8.42 Å². The standard InChI is InChI=1S/C14H18N2O2S/c1-11(2)14(16-10-4-9-15-16)19(17,18)13-7-5-12(3)6-8-13/h4-11,14H,1-3H3. The molecule has 0 aliphatic carbocycles. The second-order valence-corrected chi connectivity index (χ2v) is 7.02. The van der Waals surface area contributed by atoms with E-state index >= 15 is 0 Å². The van der Waals surface area contributed by atoms with Crippen LogP contribution in [0.5, 0.6) is 0 Å². The zero-order valence-electron chi connectivity index (χ0n) is 11.3. The van der Waals surface area contributed by atoms with Crippen LogP contribution >= 0.6 is 0 Å². The Balaban J connectivity index is 2.49. The summed E-state index contributed by atoms with van der Waals surface area (Å²) >= 11 is 0. The van der Waals surface area contributed by atoms with Gasteiger partial charge in [-0.3, -0.25) is 4.68 Å². The number of nitrogens with zero attached hydrogens (tertiary/aromatic N) is 2. The smallest absolute Gasteiger partial charge is 0.201 e. The Hall–Kier alpha value is -1.62. The van der Waals surface area contributed by atoms with Gasteiger partial charge >= 0.3 is 0 Å². The molecule has 0 amide bonds. The van der Waals surface area contributed by atoms with Gasteiger partial charge in [-0.15, -0.1) is 0 Å². The summed E-state index contributed by atoms with van der Waals surface area (Å²) in [7, 11) is -3.44. The molecule has 1 aromatic carbocycles. The minimum atomic E-state index is -3.44. The second-order valence-electron chi connectivity index (χ2n) is 4.98. The summed E-state index contributed by atoms with van der Waals surface area (Å²) in [6.45, 7) is 5.71. The van der Waals surface area contributed by atoms with E-state index in [1.807, 2.05) is 32.9 Å². The van der Waals surface area contributed by atoms with Crippen molar-refractivity contribution in [3.63, 3.8) is 0 Å². The first-order valence-electron chi connectivity index (χ1n) is 6.22. The maximum atomic E-state index is 12.7. The fraction of sp³-hybridized carbons (Fsp3) is 0.357. The number of sulfone groups is 1. The van der Waals surface area contributed by atoms with Crippen LogP contribution in [-0.2, 0) is 9.84 Å². The van der Waals surface area contributed by atoms with Crippen LogP contribution in [0.15, 0.2) is 47.6 Å². The lowest BCUT2D eigenvalue weighted by atomic mass is 10.2. The molecule has 1 aromatic heterocycles. The fourth-order valence-corrected chi connectivity index (χ4v) is 4.02. The number of hydrogen-bond donors (Lipinski definition) is 0. The molecular weight excluding hydrogens is 260 g/mol. The molecule has 1 unspecified atom stereocenters. The van der Waals surface area contributed by atoms with Gasteiger partial charge in [-0.2, -0.15) is 5.10 Å². The van der Waals surface area contributed by atoms with Gasteiger partial charge < -0.3 is 0 Å². The van der Waals surface area contributed by atoms with E-state index in [2.05, 4.69) is 5.10 Å². The number of aromatic nitrogens is 2. The van der Waals surface area contributed by atoms with Gasteiger partial charge in [-0.25, -0.2) is 8.42 Å². The summed E-state index contributed by atoms with van der Waals surface area (Å²) in [5.74, 6) is -0.0637. The quantitative estimate of drug-likeness (QED) is 0.864. The third kappa shape index (κ3) is 2.71. The highest BCUT2D eigenvalue weighted by molar-refractivity contribution is 7.91. The molecule has 19 heavy (non-hydrogen) atoms. The SMILES string of the molecule is Cc1ccc(S(=O)(=O)C(C(C)C)n2cccn2)cc1. The van der Waals surface area contributed by atoms with Crippen LogP contribution in [0.2, 0.25) is 0 Å². The van der Waals surface area contributed by atoms with Gasteiger partial charge in [0.2, 0.25) is 9.84 Å². The molecule has 0 bridgehead atoms. The van der Waals surface area contributed by atoms with Crippen molar-refractivity contribution >= 4 is 9.84 Å². The van der Waals surface area contributed by atoms with Crippen molar-refractivity contribution in [3.05, 3.63) is 48.3 Å². The van der Waals surface area contributed by atoms with Gasteiger partial charge in [-0.1, -0.05) is 31.5 Å². The summed E-state index contributed by atoms with van der Waals surface area (Å²) in [6.07, 6.45) is 3.29. The summed E-state index contributed by atoms with van der Waals surface area (Å²) in [6, 6.07) is 8.67. The Morgan fingerprint density at radius 2 is 1.79 bits per heavy atom. The number of hydrogen-bond acceptors (Lipinski definition) is 3. The van der Waals surface area contributed by atoms with Gasteiger partial charge in [0.15, 0.2) is 5.37 Å². The van der Waals surface area contributed by atoms with E-state index in [0.717, 1.165) is 5.56 Å². The molecule has 0 aliphatic heterocycles. The predicted molar refractivity (Wildman–Crippen MR) is 74.5 cm³/mol. The molecule has 0 aliphatic rings. The maximum Gasteiger partial charge on any atom is 0.201 e. The summed E-state index contributed by atoms with van der Waals surface area (Å²) in [5.41, 5.74) is 1.04. The van der Waals surface area contributed by atoms with Gasteiger partial charge in [0.1, 0.15) is 0 Å². The molecule has 0 saturated carbocycles. The van der Waals surface area contributed by atoms with Crippen molar-refractivity contribution in [1.82, 2.24) is 9.78 Å². The first-order chi connectivity index (χ1) is 8.93. The first kappa shape index (κ1) is 13.8. The summed E-state index contributed by atoms with van der Waals surface area (Å²) < 4.78 is 27.0. The normalized spacial score (nSPS) is 13.7. The third-order valence-corrected chi connectivity index (χ3v) is 5.35. The molecule has 0 radical (unpaired) electrons. The van der Waals surface area contributed by atoms with Crippen molar-refractivity contribution in [3.8, 4) is 0 Å². The fourth-order valence-electron chi connectivity index (χ4n) is 2.10. The van der Waals surface area contributed by atoms with Crippen molar-refractivity contribution in [2.24, 2.45) is 5.92 Å². The topological polar surface area (TPSA) is 52.0 Å². The molecule has 2 rings (SSSR count). The first-order valence-corrected chi connectivity index (χ1v) is 7.77. The van der Waals surface area contributed by atoms with Crippen LogP contribution in [0.3, 0.4) is 0 Å². The number of rotatable bonds is 4. The van der Waals surface area contributed by atoms with Crippen LogP contribution in [0.1, 0.15) is 24.8 Å². The van der Waals surface area contributed by atoms with E-state index in [0.29, 0.717) is 4.90 Å². The zero-order chi connectivity index (χ0) is 14.0. The van der Waals surface area contributed by atoms with Crippen molar-refractivity contribution < 1.29 is 8.42 Å². The van der Waals surface area contributed by atoms with Gasteiger partial charge in [-0.05, 0) is 31.0 Å². The van der Waals surface area contributed by atoms with Crippen LogP contribution in [0.25, 0.3) is 0 Å². The molecule has 0 fully saturated rings. The average Bonchev–Trinajstić information content (AvgIpc) is 2.82. The molecule has 2 aromatic rings. The molecule has 0 saturated heterocycles. The molecule has 5 heteroatoms. The van der Waals surface area contributed by atoms with E-state index in [4.69, 9.17) is 0 Å². The molecule has 0 N–H and O–H groups in total. The lowest BCUT2D eigenvalue weighted by molar-refractivity contribution is 0.431. The molecule has 102 valence electrons. The Morgan fingerprint density at radius 3 is 2.26 bits per heavy atom. The maximum absolute atomic E-state index is 12.7. The van der Waals surface area contributed by atoms with Crippen molar-refractivity contribution in [2.45, 2.75) is 31.0 Å². The average molecular weight is 278 g/mol. The van der Waals surface area contributed by atoms with Crippen molar-refractivity contribution in [2.75, 3.05) is 0 Å². The Bertz CT molecular complexity index is 629. The van der Waals surface area contributed by atoms with E-state index in [-0.39, 0.29) is 5.92 Å². The van der Waals surface area contributed by atoms with Gasteiger partial charge in [0.05, 0.1) is 4.90 Å². The predicted octanol–water partition coefficient (Wildman–Crippen LogP) is 2.82. The highest BCUT2D eigenvalue weighted by Gasteiger charge is 2.32. The van der Waals surface area contributed by atoms with E-state index in [1.54, 1.807) is 30.6 Å². The Kier molecular flexibility index (Phi) is 3.75. The lowest BCUT2D eigenvalue weighted by Gasteiger charge is -2.21. The summed E-state index contributed by atoms with van der Waals surface area (Å²) in [4.78, 5) is 0.340. The highest BCUT2D eigenvalue weighted by atomic mass is 32.2. The van der Waals surface area contributed by atoms with E-state index < -0.39 is 15.2 Å². The second kappa shape index (κ2) is 5.17.